The molecule has 1 amide bonds. The average molecular weight is 340 g/mol. The zero-order chi connectivity index (χ0) is 18.2. The van der Waals surface area contributed by atoms with E-state index in [1.807, 2.05) is 60.7 Å². The lowest BCUT2D eigenvalue weighted by Gasteiger charge is -2.21. The van der Waals surface area contributed by atoms with Crippen LogP contribution in [0, 0.1) is 0 Å². The third-order valence-corrected chi connectivity index (χ3v) is 3.99. The lowest BCUT2D eigenvalue weighted by atomic mass is 9.98. The Labute approximate surface area is 147 Å². The van der Waals surface area contributed by atoms with Crippen LogP contribution in [0.4, 0.5) is 0 Å². The molecule has 132 valence electrons. The van der Waals surface area contributed by atoms with Gasteiger partial charge in [-0.25, -0.2) is 0 Å². The molecule has 0 radical (unpaired) electrons. The molecular formula is C20H24N2O3. The topological polar surface area (TPSA) is 92.4 Å². The number of aliphatic hydroxyl groups is 1. The summed E-state index contributed by atoms with van der Waals surface area (Å²) in [5, 5.41) is 12.3. The van der Waals surface area contributed by atoms with Gasteiger partial charge in [-0.3, -0.25) is 9.59 Å². The first-order chi connectivity index (χ1) is 12.0. The summed E-state index contributed by atoms with van der Waals surface area (Å²) in [5.41, 5.74) is 7.83. The number of ketones is 1. The number of amides is 1. The summed E-state index contributed by atoms with van der Waals surface area (Å²) in [6.45, 7) is 1.40. The minimum atomic E-state index is -1.15. The molecule has 1 unspecified atom stereocenters. The highest BCUT2D eigenvalue weighted by molar-refractivity contribution is 5.93. The van der Waals surface area contributed by atoms with Crippen molar-refractivity contribution in [2.24, 2.45) is 5.73 Å². The van der Waals surface area contributed by atoms with Crippen LogP contribution in [0.2, 0.25) is 0 Å². The maximum absolute atomic E-state index is 12.4. The normalized spacial score (nSPS) is 14.4. The van der Waals surface area contributed by atoms with E-state index < -0.39 is 29.9 Å². The molecule has 0 fully saturated rings. The minimum absolute atomic E-state index is 0.314. The predicted octanol–water partition coefficient (Wildman–Crippen LogP) is 1.23. The number of carbonyl (C=O) groups is 2. The van der Waals surface area contributed by atoms with E-state index in [9.17, 15) is 14.7 Å². The van der Waals surface area contributed by atoms with Gasteiger partial charge in [0.1, 0.15) is 6.10 Å². The van der Waals surface area contributed by atoms with Crippen LogP contribution in [0.3, 0.4) is 0 Å². The number of nitrogens with one attached hydrogen (secondary N) is 1. The highest BCUT2D eigenvalue weighted by atomic mass is 16.3. The van der Waals surface area contributed by atoms with Gasteiger partial charge in [-0.15, -0.1) is 0 Å². The van der Waals surface area contributed by atoms with Crippen LogP contribution in [0.5, 0.6) is 0 Å². The second-order valence-electron chi connectivity index (χ2n) is 6.13. The lowest BCUT2D eigenvalue weighted by Crippen LogP contribution is -2.51. The Morgan fingerprint density at radius 3 is 1.92 bits per heavy atom. The highest BCUT2D eigenvalue weighted by Crippen LogP contribution is 2.07. The van der Waals surface area contributed by atoms with Gasteiger partial charge in [-0.2, -0.15) is 0 Å². The number of rotatable bonds is 8. The van der Waals surface area contributed by atoms with Gasteiger partial charge in [0.05, 0.1) is 12.1 Å². The van der Waals surface area contributed by atoms with E-state index in [4.69, 9.17) is 5.73 Å². The first-order valence-electron chi connectivity index (χ1n) is 8.33. The molecule has 2 aromatic rings. The zero-order valence-electron chi connectivity index (χ0n) is 14.3. The molecule has 5 heteroatoms. The third kappa shape index (κ3) is 5.81. The fourth-order valence-corrected chi connectivity index (χ4v) is 2.60. The zero-order valence-corrected chi connectivity index (χ0v) is 14.3. The molecule has 0 aromatic heterocycles. The van der Waals surface area contributed by atoms with Crippen LogP contribution in [-0.2, 0) is 22.4 Å². The minimum Gasteiger partial charge on any atom is -0.386 e. The monoisotopic (exact) mass is 340 g/mol. The molecule has 0 saturated heterocycles. The lowest BCUT2D eigenvalue weighted by molar-refractivity contribution is -0.132. The van der Waals surface area contributed by atoms with E-state index in [0.717, 1.165) is 11.1 Å². The summed E-state index contributed by atoms with van der Waals surface area (Å²) < 4.78 is 0. The summed E-state index contributed by atoms with van der Waals surface area (Å²) in [6.07, 6.45) is -0.457. The van der Waals surface area contributed by atoms with Crippen molar-refractivity contribution in [1.29, 1.82) is 0 Å². The standard InChI is InChI=1S/C20H24N2O3/c1-14(23)19(24)18(13-16-10-6-3-7-11-16)22-20(25)17(21)12-15-8-4-2-5-9-15/h2-11,14,17-18,23H,12-13,21H2,1H3,(H,22,25)/t14?,17-,18-/m0/s1. The number of nitrogens with two attached hydrogens (primary N) is 1. The van der Waals surface area contributed by atoms with Gasteiger partial charge < -0.3 is 16.2 Å². The molecule has 2 aromatic carbocycles. The van der Waals surface area contributed by atoms with Gasteiger partial charge in [0.15, 0.2) is 5.78 Å². The van der Waals surface area contributed by atoms with Crippen molar-refractivity contribution in [3.8, 4) is 0 Å². The maximum atomic E-state index is 12.4. The fraction of sp³-hybridized carbons (Fsp3) is 0.300. The molecule has 0 bridgehead atoms. The van der Waals surface area contributed by atoms with Gasteiger partial charge in [0, 0.05) is 0 Å². The van der Waals surface area contributed by atoms with E-state index >= 15 is 0 Å². The molecule has 0 spiro atoms. The Hall–Kier alpha value is -2.50. The second-order valence-corrected chi connectivity index (χ2v) is 6.13. The van der Waals surface area contributed by atoms with Gasteiger partial charge in [-0.1, -0.05) is 60.7 Å². The van der Waals surface area contributed by atoms with Crippen molar-refractivity contribution in [3.05, 3.63) is 71.8 Å². The molecule has 25 heavy (non-hydrogen) atoms. The summed E-state index contributed by atoms with van der Waals surface area (Å²) in [5.74, 6) is -0.831. The van der Waals surface area contributed by atoms with Crippen LogP contribution in [0.1, 0.15) is 18.1 Å². The number of hydrogen-bond acceptors (Lipinski definition) is 4. The van der Waals surface area contributed by atoms with Gasteiger partial charge >= 0.3 is 0 Å². The maximum Gasteiger partial charge on any atom is 0.237 e. The summed E-state index contributed by atoms with van der Waals surface area (Å²) in [4.78, 5) is 24.7. The van der Waals surface area contributed by atoms with E-state index in [0.29, 0.717) is 12.8 Å². The van der Waals surface area contributed by atoms with E-state index in [1.165, 1.54) is 6.92 Å². The summed E-state index contributed by atoms with van der Waals surface area (Å²) >= 11 is 0. The molecule has 4 N–H and O–H groups in total. The second kappa shape index (κ2) is 9.11. The fourth-order valence-electron chi connectivity index (χ4n) is 2.60. The third-order valence-electron chi connectivity index (χ3n) is 3.99. The number of aliphatic hydroxyl groups excluding tert-OH is 1. The quantitative estimate of drug-likeness (QED) is 0.674. The number of carbonyl (C=O) groups excluding carboxylic acids is 2. The van der Waals surface area contributed by atoms with Gasteiger partial charge in [0.2, 0.25) is 5.91 Å². The molecule has 0 saturated carbocycles. The van der Waals surface area contributed by atoms with Crippen LogP contribution < -0.4 is 11.1 Å². The van der Waals surface area contributed by atoms with Crippen molar-refractivity contribution in [2.75, 3.05) is 0 Å². The molecule has 0 aliphatic carbocycles. The molecular weight excluding hydrogens is 316 g/mol. The Morgan fingerprint density at radius 2 is 1.44 bits per heavy atom. The summed E-state index contributed by atoms with van der Waals surface area (Å²) in [7, 11) is 0. The number of benzene rings is 2. The first-order valence-corrected chi connectivity index (χ1v) is 8.33. The first kappa shape index (κ1) is 18.8. The molecule has 0 aliphatic rings. The van der Waals surface area contributed by atoms with Gasteiger partial charge in [-0.05, 0) is 30.9 Å². The van der Waals surface area contributed by atoms with E-state index in [-0.39, 0.29) is 0 Å². The van der Waals surface area contributed by atoms with Crippen molar-refractivity contribution in [3.63, 3.8) is 0 Å². The Kier molecular flexibility index (Phi) is 6.86. The largest absolute Gasteiger partial charge is 0.386 e. The number of Topliss-reactive ketones (excluding diaryl/α,β-unsaturated/α-hetero) is 1. The molecule has 3 atom stereocenters. The summed E-state index contributed by atoms with van der Waals surface area (Å²) in [6, 6.07) is 17.2. The van der Waals surface area contributed by atoms with Crippen LogP contribution in [-0.4, -0.2) is 35.0 Å². The van der Waals surface area contributed by atoms with Crippen molar-refractivity contribution < 1.29 is 14.7 Å². The van der Waals surface area contributed by atoms with E-state index in [1.54, 1.807) is 0 Å². The van der Waals surface area contributed by atoms with E-state index in [2.05, 4.69) is 5.32 Å². The van der Waals surface area contributed by atoms with Crippen LogP contribution >= 0.6 is 0 Å². The molecule has 5 nitrogen and oxygen atoms in total. The Bertz CT molecular complexity index is 687. The van der Waals surface area contributed by atoms with Crippen molar-refractivity contribution in [1.82, 2.24) is 5.32 Å². The van der Waals surface area contributed by atoms with Crippen molar-refractivity contribution >= 4 is 11.7 Å². The smallest absolute Gasteiger partial charge is 0.237 e. The number of hydrogen-bond donors (Lipinski definition) is 3. The SMILES string of the molecule is CC(O)C(=O)[C@H](Cc1ccccc1)NC(=O)[C@@H](N)Cc1ccccc1. The van der Waals surface area contributed by atoms with Gasteiger partial charge in [0.25, 0.3) is 0 Å². The molecule has 0 aliphatic heterocycles. The molecule has 2 rings (SSSR count). The Morgan fingerprint density at radius 1 is 0.960 bits per heavy atom. The van der Waals surface area contributed by atoms with Crippen LogP contribution in [0.25, 0.3) is 0 Å². The predicted molar refractivity (Wildman–Crippen MR) is 96.9 cm³/mol. The highest BCUT2D eigenvalue weighted by Gasteiger charge is 2.26. The Balaban J connectivity index is 2.04. The van der Waals surface area contributed by atoms with Crippen molar-refractivity contribution in [2.45, 2.75) is 38.0 Å². The molecule has 0 heterocycles. The van der Waals surface area contributed by atoms with Crippen LogP contribution in [0.15, 0.2) is 60.7 Å². The average Bonchev–Trinajstić information content (AvgIpc) is 2.62.